The highest BCUT2D eigenvalue weighted by Gasteiger charge is 2.06. The number of rotatable bonds is 7. The molecule has 23 heavy (non-hydrogen) atoms. The number of hydrogen-bond acceptors (Lipinski definition) is 5. The molecule has 2 aromatic heterocycles. The highest BCUT2D eigenvalue weighted by molar-refractivity contribution is 5.57. The number of hydrogen-bond donors (Lipinski definition) is 1. The van der Waals surface area contributed by atoms with E-state index in [-0.39, 0.29) is 0 Å². The Kier molecular flexibility index (Phi) is 4.73. The molecule has 0 aliphatic heterocycles. The average Bonchev–Trinajstić information content (AvgIpc) is 3.21. The monoisotopic (exact) mass is 312 g/mol. The fourth-order valence-electron chi connectivity index (χ4n) is 2.26. The van der Waals surface area contributed by atoms with Gasteiger partial charge in [-0.05, 0) is 36.8 Å². The minimum absolute atomic E-state index is 0.594. The summed E-state index contributed by atoms with van der Waals surface area (Å²) in [6, 6.07) is 7.72. The topological polar surface area (TPSA) is 65.1 Å². The Morgan fingerprint density at radius 3 is 2.74 bits per heavy atom. The van der Waals surface area contributed by atoms with Gasteiger partial charge in [0.15, 0.2) is 5.76 Å². The van der Waals surface area contributed by atoms with E-state index in [1.165, 1.54) is 5.56 Å². The fourth-order valence-corrected chi connectivity index (χ4v) is 2.26. The molecule has 0 radical (unpaired) electrons. The minimum atomic E-state index is 0.594. The van der Waals surface area contributed by atoms with Crippen LogP contribution in [0.1, 0.15) is 11.5 Å². The molecule has 0 aliphatic rings. The van der Waals surface area contributed by atoms with Crippen LogP contribution in [0.15, 0.2) is 47.3 Å². The quantitative estimate of drug-likeness (QED) is 0.679. The Labute approximate surface area is 135 Å². The molecule has 0 atom stereocenters. The molecule has 3 rings (SSSR count). The van der Waals surface area contributed by atoms with Crippen LogP contribution in [0.2, 0.25) is 0 Å². The van der Waals surface area contributed by atoms with E-state index in [1.807, 2.05) is 48.3 Å². The molecule has 0 aliphatic carbocycles. The zero-order chi connectivity index (χ0) is 16.1. The minimum Gasteiger partial charge on any atom is -0.497 e. The Hall–Kier alpha value is -2.60. The summed E-state index contributed by atoms with van der Waals surface area (Å²) < 4.78 is 12.8. The third-order valence-electron chi connectivity index (χ3n) is 3.48. The van der Waals surface area contributed by atoms with Crippen LogP contribution in [0.5, 0.6) is 5.75 Å². The molecule has 1 aromatic carbocycles. The van der Waals surface area contributed by atoms with E-state index in [2.05, 4.69) is 15.4 Å². The lowest BCUT2D eigenvalue weighted by molar-refractivity contribution is 0.415. The van der Waals surface area contributed by atoms with Crippen molar-refractivity contribution in [3.05, 3.63) is 54.3 Å². The molecule has 0 spiro atoms. The summed E-state index contributed by atoms with van der Waals surface area (Å²) in [5.74, 6) is 2.25. The first-order chi connectivity index (χ1) is 11.2. The van der Waals surface area contributed by atoms with Gasteiger partial charge in [0.25, 0.3) is 0 Å². The third kappa shape index (κ3) is 3.98. The number of aryl methyl sites for hydroxylation is 1. The van der Waals surface area contributed by atoms with Crippen LogP contribution in [0, 0.1) is 6.92 Å². The Bertz CT molecular complexity index is 746. The summed E-state index contributed by atoms with van der Waals surface area (Å²) in [5, 5.41) is 7.55. The van der Waals surface area contributed by atoms with Crippen molar-refractivity contribution in [2.45, 2.75) is 20.0 Å². The molecule has 0 unspecified atom stereocenters. The van der Waals surface area contributed by atoms with Crippen molar-refractivity contribution in [2.24, 2.45) is 0 Å². The van der Waals surface area contributed by atoms with E-state index < -0.39 is 0 Å². The number of nitrogens with zero attached hydrogens (tertiary/aromatic N) is 3. The molecule has 2 heterocycles. The number of nitrogens with one attached hydrogen (secondary N) is 1. The lowest BCUT2D eigenvalue weighted by Gasteiger charge is -2.03. The Morgan fingerprint density at radius 1 is 1.22 bits per heavy atom. The largest absolute Gasteiger partial charge is 0.497 e. The third-order valence-corrected chi connectivity index (χ3v) is 3.48. The zero-order valence-corrected chi connectivity index (χ0v) is 13.3. The predicted molar refractivity (Wildman–Crippen MR) is 87.2 cm³/mol. The van der Waals surface area contributed by atoms with Gasteiger partial charge in [-0.15, -0.1) is 0 Å². The van der Waals surface area contributed by atoms with Gasteiger partial charge in [-0.3, -0.25) is 4.68 Å². The molecule has 6 heteroatoms. The molecule has 120 valence electrons. The predicted octanol–water partition coefficient (Wildman–Crippen LogP) is 2.64. The second-order valence-corrected chi connectivity index (χ2v) is 5.30. The lowest BCUT2D eigenvalue weighted by atomic mass is 10.2. The second kappa shape index (κ2) is 7.11. The normalized spacial score (nSPS) is 10.9. The van der Waals surface area contributed by atoms with Crippen LogP contribution >= 0.6 is 0 Å². The van der Waals surface area contributed by atoms with E-state index in [0.717, 1.165) is 30.2 Å². The van der Waals surface area contributed by atoms with Gasteiger partial charge < -0.3 is 14.5 Å². The summed E-state index contributed by atoms with van der Waals surface area (Å²) in [5.41, 5.74) is 2.15. The first-order valence-corrected chi connectivity index (χ1v) is 7.53. The van der Waals surface area contributed by atoms with Crippen molar-refractivity contribution in [1.29, 1.82) is 0 Å². The summed E-state index contributed by atoms with van der Waals surface area (Å²) in [6.45, 7) is 4.25. The highest BCUT2D eigenvalue weighted by atomic mass is 16.5. The molecule has 3 aromatic rings. The van der Waals surface area contributed by atoms with Crippen molar-refractivity contribution >= 4 is 0 Å². The van der Waals surface area contributed by atoms with Gasteiger partial charge in [0.2, 0.25) is 5.89 Å². The average molecular weight is 312 g/mol. The summed E-state index contributed by atoms with van der Waals surface area (Å²) in [4.78, 5) is 4.30. The maximum absolute atomic E-state index is 5.76. The van der Waals surface area contributed by atoms with E-state index in [1.54, 1.807) is 13.3 Å². The standard InChI is InChI=1S/C17H20N4O2/c1-13-9-20-21(12-13)8-7-18-11-17-19-10-16(23-17)14-3-5-15(22-2)6-4-14/h3-6,9-10,12,18H,7-8,11H2,1-2H3. The number of methoxy groups -OCH3 is 1. The van der Waals surface area contributed by atoms with Crippen LogP contribution in [-0.4, -0.2) is 28.4 Å². The second-order valence-electron chi connectivity index (χ2n) is 5.30. The number of ether oxygens (including phenoxy) is 1. The number of oxazole rings is 1. The van der Waals surface area contributed by atoms with Crippen molar-refractivity contribution in [3.63, 3.8) is 0 Å². The van der Waals surface area contributed by atoms with E-state index >= 15 is 0 Å². The highest BCUT2D eigenvalue weighted by Crippen LogP contribution is 2.22. The molecular weight excluding hydrogens is 292 g/mol. The van der Waals surface area contributed by atoms with Gasteiger partial charge in [0.05, 0.1) is 32.6 Å². The van der Waals surface area contributed by atoms with Gasteiger partial charge in [-0.2, -0.15) is 5.10 Å². The molecule has 6 nitrogen and oxygen atoms in total. The summed E-state index contributed by atoms with van der Waals surface area (Å²) in [6.07, 6.45) is 5.62. The van der Waals surface area contributed by atoms with E-state index in [4.69, 9.17) is 9.15 Å². The summed E-state index contributed by atoms with van der Waals surface area (Å²) >= 11 is 0. The van der Waals surface area contributed by atoms with Gasteiger partial charge in [-0.1, -0.05) is 0 Å². The summed E-state index contributed by atoms with van der Waals surface area (Å²) in [7, 11) is 1.65. The lowest BCUT2D eigenvalue weighted by Crippen LogP contribution is -2.19. The van der Waals surface area contributed by atoms with Crippen molar-refractivity contribution in [1.82, 2.24) is 20.1 Å². The van der Waals surface area contributed by atoms with Gasteiger partial charge >= 0.3 is 0 Å². The first-order valence-electron chi connectivity index (χ1n) is 7.53. The first kappa shape index (κ1) is 15.3. The molecule has 0 amide bonds. The SMILES string of the molecule is COc1ccc(-c2cnc(CNCCn3cc(C)cn3)o2)cc1. The van der Waals surface area contributed by atoms with Crippen LogP contribution in [0.3, 0.4) is 0 Å². The van der Waals surface area contributed by atoms with Crippen LogP contribution in [-0.2, 0) is 13.1 Å². The Balaban J connectivity index is 1.50. The van der Waals surface area contributed by atoms with E-state index in [9.17, 15) is 0 Å². The zero-order valence-electron chi connectivity index (χ0n) is 13.3. The van der Waals surface area contributed by atoms with E-state index in [0.29, 0.717) is 12.4 Å². The van der Waals surface area contributed by atoms with Crippen LogP contribution in [0.25, 0.3) is 11.3 Å². The van der Waals surface area contributed by atoms with Crippen molar-refractivity contribution < 1.29 is 9.15 Å². The molecule has 0 saturated heterocycles. The van der Waals surface area contributed by atoms with Gasteiger partial charge in [0, 0.05) is 18.3 Å². The molecule has 0 bridgehead atoms. The van der Waals surface area contributed by atoms with Crippen LogP contribution in [0.4, 0.5) is 0 Å². The molecule has 0 fully saturated rings. The molecule has 0 saturated carbocycles. The van der Waals surface area contributed by atoms with Gasteiger partial charge in [0.1, 0.15) is 5.75 Å². The Morgan fingerprint density at radius 2 is 2.04 bits per heavy atom. The maximum atomic E-state index is 5.76. The fraction of sp³-hybridized carbons (Fsp3) is 0.294. The smallest absolute Gasteiger partial charge is 0.208 e. The maximum Gasteiger partial charge on any atom is 0.208 e. The molecular formula is C17H20N4O2. The molecule has 1 N–H and O–H groups in total. The van der Waals surface area contributed by atoms with Crippen molar-refractivity contribution in [3.8, 4) is 17.1 Å². The van der Waals surface area contributed by atoms with Crippen LogP contribution < -0.4 is 10.1 Å². The number of aromatic nitrogens is 3. The van der Waals surface area contributed by atoms with Gasteiger partial charge in [-0.25, -0.2) is 4.98 Å². The number of benzene rings is 1. The van der Waals surface area contributed by atoms with Crippen molar-refractivity contribution in [2.75, 3.05) is 13.7 Å².